The van der Waals surface area contributed by atoms with Gasteiger partial charge in [0.2, 0.25) is 16.5 Å². The lowest BCUT2D eigenvalue weighted by Crippen LogP contribution is -2.23. The van der Waals surface area contributed by atoms with Crippen LogP contribution in [-0.2, 0) is 11.3 Å². The Hall–Kier alpha value is -3.47. The summed E-state index contributed by atoms with van der Waals surface area (Å²) in [6.07, 6.45) is 3.15. The van der Waals surface area contributed by atoms with E-state index in [9.17, 15) is 9.59 Å². The molecule has 0 aliphatic carbocycles. The van der Waals surface area contributed by atoms with E-state index in [1.807, 2.05) is 24.3 Å². The highest BCUT2D eigenvalue weighted by atomic mass is 32.1. The molecule has 4 heterocycles. The minimum Gasteiger partial charge on any atom is -0.346 e. The molecule has 0 saturated carbocycles. The maximum Gasteiger partial charge on any atom is 0.282 e. The van der Waals surface area contributed by atoms with Crippen LogP contribution in [0.5, 0.6) is 0 Å². The van der Waals surface area contributed by atoms with Gasteiger partial charge in [-0.3, -0.25) is 14.6 Å². The highest BCUT2D eigenvalue weighted by molar-refractivity contribution is 7.17. The quantitative estimate of drug-likeness (QED) is 0.557. The number of nitrogens with zero attached hydrogens (tertiary/aromatic N) is 6. The Balaban J connectivity index is 1.34. The van der Waals surface area contributed by atoms with Crippen molar-refractivity contribution in [3.05, 3.63) is 52.9 Å². The Morgan fingerprint density at radius 3 is 2.90 bits per heavy atom. The summed E-state index contributed by atoms with van der Waals surface area (Å²) in [5.41, 5.74) is 1.64. The molecule has 10 nitrogen and oxygen atoms in total. The molecule has 1 fully saturated rings. The van der Waals surface area contributed by atoms with Gasteiger partial charge in [0, 0.05) is 25.2 Å². The maximum atomic E-state index is 12.3. The SMILES string of the molecule is O=CNc1ccc(C2CCN(c3nnc(C(=O)NCc4ccccn4)s3)C2)nn1. The van der Waals surface area contributed by atoms with Crippen LogP contribution in [0.15, 0.2) is 36.5 Å². The number of hydrogen-bond acceptors (Lipinski definition) is 9. The molecule has 1 atom stereocenters. The predicted octanol–water partition coefficient (Wildman–Crippen LogP) is 1.22. The third-order valence-electron chi connectivity index (χ3n) is 4.53. The van der Waals surface area contributed by atoms with Gasteiger partial charge in [-0.05, 0) is 30.7 Å². The first-order valence-corrected chi connectivity index (χ1v) is 9.85. The first-order chi connectivity index (χ1) is 14.2. The van der Waals surface area contributed by atoms with Gasteiger partial charge in [-0.15, -0.1) is 15.3 Å². The van der Waals surface area contributed by atoms with Gasteiger partial charge in [-0.2, -0.15) is 5.10 Å². The monoisotopic (exact) mass is 410 g/mol. The number of rotatable bonds is 7. The highest BCUT2D eigenvalue weighted by Gasteiger charge is 2.28. The molecule has 2 amide bonds. The molecule has 1 aliphatic heterocycles. The van der Waals surface area contributed by atoms with Crippen LogP contribution < -0.4 is 15.5 Å². The zero-order valence-electron chi connectivity index (χ0n) is 15.4. The molecule has 11 heteroatoms. The molecule has 1 unspecified atom stereocenters. The van der Waals surface area contributed by atoms with Gasteiger partial charge in [0.15, 0.2) is 5.82 Å². The van der Waals surface area contributed by atoms with Crippen LogP contribution in [0.2, 0.25) is 0 Å². The molecule has 0 bridgehead atoms. The summed E-state index contributed by atoms with van der Waals surface area (Å²) in [5, 5.41) is 22.7. The fraction of sp³-hybridized carbons (Fsp3) is 0.278. The number of amides is 2. The topological polar surface area (TPSA) is 126 Å². The number of carbonyl (C=O) groups is 2. The zero-order valence-corrected chi connectivity index (χ0v) is 16.2. The van der Waals surface area contributed by atoms with E-state index in [1.54, 1.807) is 12.3 Å². The molecule has 0 aromatic carbocycles. The van der Waals surface area contributed by atoms with Crippen molar-refractivity contribution in [2.45, 2.75) is 18.9 Å². The average Bonchev–Trinajstić information content (AvgIpc) is 3.43. The molecule has 0 spiro atoms. The molecule has 2 N–H and O–H groups in total. The second-order valence-electron chi connectivity index (χ2n) is 6.43. The largest absolute Gasteiger partial charge is 0.346 e. The van der Waals surface area contributed by atoms with Gasteiger partial charge < -0.3 is 15.5 Å². The number of pyridine rings is 1. The van der Waals surface area contributed by atoms with Crippen molar-refractivity contribution in [3.8, 4) is 0 Å². The lowest BCUT2D eigenvalue weighted by atomic mass is 10.1. The minimum atomic E-state index is -0.265. The average molecular weight is 410 g/mol. The smallest absolute Gasteiger partial charge is 0.282 e. The molecule has 148 valence electrons. The summed E-state index contributed by atoms with van der Waals surface area (Å²) >= 11 is 1.27. The molecule has 4 rings (SSSR count). The predicted molar refractivity (Wildman–Crippen MR) is 107 cm³/mol. The zero-order chi connectivity index (χ0) is 20.1. The number of aromatic nitrogens is 5. The summed E-state index contributed by atoms with van der Waals surface area (Å²) in [6, 6.07) is 9.14. The lowest BCUT2D eigenvalue weighted by molar-refractivity contribution is -0.105. The Kier molecular flexibility index (Phi) is 5.66. The van der Waals surface area contributed by atoms with E-state index in [0.29, 0.717) is 28.9 Å². The van der Waals surface area contributed by atoms with Crippen molar-refractivity contribution in [1.29, 1.82) is 0 Å². The van der Waals surface area contributed by atoms with E-state index >= 15 is 0 Å². The molecule has 1 aliphatic rings. The minimum absolute atomic E-state index is 0.207. The van der Waals surface area contributed by atoms with Gasteiger partial charge in [0.25, 0.3) is 5.91 Å². The Morgan fingerprint density at radius 2 is 2.14 bits per heavy atom. The fourth-order valence-electron chi connectivity index (χ4n) is 3.06. The van der Waals surface area contributed by atoms with Crippen molar-refractivity contribution in [2.24, 2.45) is 0 Å². The second-order valence-corrected chi connectivity index (χ2v) is 7.39. The molecular weight excluding hydrogens is 392 g/mol. The normalized spacial score (nSPS) is 15.9. The van der Waals surface area contributed by atoms with Crippen LogP contribution in [0.1, 0.15) is 33.5 Å². The molecule has 3 aromatic heterocycles. The summed E-state index contributed by atoms with van der Waals surface area (Å²) in [4.78, 5) is 29.0. The summed E-state index contributed by atoms with van der Waals surface area (Å²) in [5.74, 6) is 0.362. The van der Waals surface area contributed by atoms with Gasteiger partial charge in [-0.25, -0.2) is 0 Å². The van der Waals surface area contributed by atoms with Crippen molar-refractivity contribution in [1.82, 2.24) is 30.7 Å². The van der Waals surface area contributed by atoms with Crippen LogP contribution in [0.25, 0.3) is 0 Å². The van der Waals surface area contributed by atoms with E-state index in [2.05, 4.69) is 40.9 Å². The standard InChI is InChI=1S/C18H18N8O2S/c27-11-21-15-5-4-14(22-23-15)12-6-8-26(10-12)18-25-24-17(29-18)16(28)20-9-13-3-1-2-7-19-13/h1-5,7,11-12H,6,8-10H2,(H,20,28)(H,21,23,27). The van der Waals surface area contributed by atoms with E-state index in [4.69, 9.17) is 0 Å². The second kappa shape index (κ2) is 8.69. The maximum absolute atomic E-state index is 12.3. The van der Waals surface area contributed by atoms with Gasteiger partial charge >= 0.3 is 0 Å². The van der Waals surface area contributed by atoms with Crippen LogP contribution in [-0.4, -0.2) is 50.8 Å². The Morgan fingerprint density at radius 1 is 1.21 bits per heavy atom. The van der Waals surface area contributed by atoms with Gasteiger partial charge in [-0.1, -0.05) is 17.4 Å². The molecule has 29 heavy (non-hydrogen) atoms. The molecular formula is C18H18N8O2S. The highest BCUT2D eigenvalue weighted by Crippen LogP contribution is 2.31. The van der Waals surface area contributed by atoms with Crippen molar-refractivity contribution in [2.75, 3.05) is 23.3 Å². The van der Waals surface area contributed by atoms with Gasteiger partial charge in [0.1, 0.15) is 0 Å². The lowest BCUT2D eigenvalue weighted by Gasteiger charge is -2.13. The van der Waals surface area contributed by atoms with E-state index in [1.165, 1.54) is 11.3 Å². The first kappa shape index (κ1) is 18.9. The molecule has 1 saturated heterocycles. The summed E-state index contributed by atoms with van der Waals surface area (Å²) in [6.45, 7) is 1.86. The van der Waals surface area contributed by atoms with E-state index in [-0.39, 0.29) is 11.8 Å². The fourth-order valence-corrected chi connectivity index (χ4v) is 3.85. The number of carbonyl (C=O) groups excluding carboxylic acids is 2. The number of hydrogen-bond donors (Lipinski definition) is 2. The third-order valence-corrected chi connectivity index (χ3v) is 5.52. The van der Waals surface area contributed by atoms with Crippen molar-refractivity contribution < 1.29 is 9.59 Å². The third kappa shape index (κ3) is 4.51. The molecule has 0 radical (unpaired) electrons. The van der Waals surface area contributed by atoms with Crippen LogP contribution >= 0.6 is 11.3 Å². The number of anilines is 2. The van der Waals surface area contributed by atoms with Gasteiger partial charge in [0.05, 0.1) is 17.9 Å². The summed E-state index contributed by atoms with van der Waals surface area (Å²) < 4.78 is 0. The van der Waals surface area contributed by atoms with E-state index < -0.39 is 0 Å². The van der Waals surface area contributed by atoms with E-state index in [0.717, 1.165) is 30.9 Å². The number of nitrogens with one attached hydrogen (secondary N) is 2. The summed E-state index contributed by atoms with van der Waals surface area (Å²) in [7, 11) is 0. The molecule has 3 aromatic rings. The van der Waals surface area contributed by atoms with Crippen molar-refractivity contribution in [3.63, 3.8) is 0 Å². The van der Waals surface area contributed by atoms with Crippen molar-refractivity contribution >= 4 is 34.6 Å². The Bertz CT molecular complexity index is 979. The van der Waals surface area contributed by atoms with Crippen LogP contribution in [0.4, 0.5) is 10.9 Å². The van der Waals surface area contributed by atoms with Crippen LogP contribution in [0, 0.1) is 0 Å². The van der Waals surface area contributed by atoms with Crippen LogP contribution in [0.3, 0.4) is 0 Å². The Labute approximate surface area is 170 Å². The first-order valence-electron chi connectivity index (χ1n) is 9.03.